The van der Waals surface area contributed by atoms with E-state index in [-0.39, 0.29) is 10.8 Å². The summed E-state index contributed by atoms with van der Waals surface area (Å²) in [6, 6.07) is 16.5. The Balaban J connectivity index is 1.61. The average molecular weight is 373 g/mol. The van der Waals surface area contributed by atoms with Gasteiger partial charge in [0.25, 0.3) is 0 Å². The summed E-state index contributed by atoms with van der Waals surface area (Å²) in [5, 5.41) is 2.64. The van der Waals surface area contributed by atoms with E-state index in [0.29, 0.717) is 31.9 Å². The van der Waals surface area contributed by atoms with Gasteiger partial charge in [-0.2, -0.15) is 4.31 Å². The fourth-order valence-electron chi connectivity index (χ4n) is 3.03. The molecule has 0 aliphatic carbocycles. The molecule has 1 heterocycles. The van der Waals surface area contributed by atoms with Crippen molar-refractivity contribution in [2.45, 2.75) is 18.4 Å². The largest absolute Gasteiger partial charge is 0.326 e. The Morgan fingerprint density at radius 3 is 2.15 bits per heavy atom. The molecule has 3 rings (SSSR count). The van der Waals surface area contributed by atoms with Gasteiger partial charge in [-0.1, -0.05) is 30.3 Å². The Bertz CT molecular complexity index is 843. The van der Waals surface area contributed by atoms with Gasteiger partial charge in [-0.3, -0.25) is 9.69 Å². The molecule has 0 saturated carbocycles. The molecule has 1 saturated heterocycles. The average Bonchev–Trinajstić information content (AvgIpc) is 2.63. The van der Waals surface area contributed by atoms with Crippen LogP contribution in [0.5, 0.6) is 0 Å². The number of hydrogen-bond donors (Lipinski definition) is 1. The maximum atomic E-state index is 12.8. The van der Waals surface area contributed by atoms with Crippen LogP contribution in [0.4, 0.5) is 5.69 Å². The molecule has 0 bridgehead atoms. The normalized spacial score (nSPS) is 16.3. The molecule has 1 aliphatic heterocycles. The Hall–Kier alpha value is -2.22. The smallest absolute Gasteiger partial charge is 0.243 e. The number of piperazine rings is 1. The van der Waals surface area contributed by atoms with Crippen LogP contribution in [0.15, 0.2) is 59.5 Å². The first-order valence-corrected chi connectivity index (χ1v) is 10.0. The van der Waals surface area contributed by atoms with Gasteiger partial charge >= 0.3 is 0 Å². The van der Waals surface area contributed by atoms with Gasteiger partial charge < -0.3 is 5.32 Å². The summed E-state index contributed by atoms with van der Waals surface area (Å²) >= 11 is 0. The van der Waals surface area contributed by atoms with E-state index in [9.17, 15) is 13.2 Å². The van der Waals surface area contributed by atoms with Crippen molar-refractivity contribution in [3.05, 3.63) is 60.2 Å². The van der Waals surface area contributed by atoms with Gasteiger partial charge in [0.15, 0.2) is 0 Å². The van der Waals surface area contributed by atoms with Crippen LogP contribution in [0.25, 0.3) is 0 Å². The summed E-state index contributed by atoms with van der Waals surface area (Å²) in [7, 11) is -3.51. The minimum absolute atomic E-state index is 0.185. The summed E-state index contributed by atoms with van der Waals surface area (Å²) in [6.07, 6.45) is 0. The van der Waals surface area contributed by atoms with Crippen molar-refractivity contribution in [2.75, 3.05) is 31.5 Å². The Labute approximate surface area is 154 Å². The second-order valence-corrected chi connectivity index (χ2v) is 8.31. The number of nitrogens with one attached hydrogen (secondary N) is 1. The van der Waals surface area contributed by atoms with Gasteiger partial charge in [0.2, 0.25) is 15.9 Å². The maximum Gasteiger partial charge on any atom is 0.243 e. The summed E-state index contributed by atoms with van der Waals surface area (Å²) in [4.78, 5) is 13.6. The predicted molar refractivity (Wildman–Crippen MR) is 101 cm³/mol. The molecule has 2 aromatic carbocycles. The van der Waals surface area contributed by atoms with Gasteiger partial charge in [0, 0.05) is 45.3 Å². The molecule has 0 spiro atoms. The summed E-state index contributed by atoms with van der Waals surface area (Å²) in [5.41, 5.74) is 1.82. The fourth-order valence-corrected chi connectivity index (χ4v) is 4.45. The molecule has 1 N–H and O–H groups in total. The molecule has 1 fully saturated rings. The van der Waals surface area contributed by atoms with E-state index in [1.807, 2.05) is 18.2 Å². The minimum atomic E-state index is -3.51. The summed E-state index contributed by atoms with van der Waals surface area (Å²) in [5.74, 6) is -0.185. The second kappa shape index (κ2) is 7.99. The molecule has 0 atom stereocenters. The number of sulfonamides is 1. The topological polar surface area (TPSA) is 69.7 Å². The molecule has 7 heteroatoms. The van der Waals surface area contributed by atoms with Crippen molar-refractivity contribution in [1.29, 1.82) is 0 Å². The van der Waals surface area contributed by atoms with Gasteiger partial charge in [0.1, 0.15) is 0 Å². The molecule has 0 unspecified atom stereocenters. The van der Waals surface area contributed by atoms with Crippen molar-refractivity contribution in [1.82, 2.24) is 9.21 Å². The van der Waals surface area contributed by atoms with Crippen molar-refractivity contribution in [3.8, 4) is 0 Å². The summed E-state index contributed by atoms with van der Waals surface area (Å²) in [6.45, 7) is 4.61. The first-order chi connectivity index (χ1) is 12.4. The lowest BCUT2D eigenvalue weighted by Gasteiger charge is -2.34. The van der Waals surface area contributed by atoms with E-state index >= 15 is 0 Å². The van der Waals surface area contributed by atoms with Crippen LogP contribution in [0.2, 0.25) is 0 Å². The zero-order chi connectivity index (χ0) is 18.6. The lowest BCUT2D eigenvalue weighted by molar-refractivity contribution is -0.114. The van der Waals surface area contributed by atoms with Gasteiger partial charge in [-0.25, -0.2) is 8.42 Å². The number of carbonyl (C=O) groups excluding carboxylic acids is 1. The lowest BCUT2D eigenvalue weighted by atomic mass is 10.2. The van der Waals surface area contributed by atoms with Crippen molar-refractivity contribution < 1.29 is 13.2 Å². The zero-order valence-corrected chi connectivity index (χ0v) is 15.6. The molecular formula is C19H23N3O3S. The van der Waals surface area contributed by atoms with Crippen LogP contribution in [-0.2, 0) is 21.4 Å². The zero-order valence-electron chi connectivity index (χ0n) is 14.8. The number of hydrogen-bond acceptors (Lipinski definition) is 4. The number of rotatable bonds is 5. The van der Waals surface area contributed by atoms with E-state index in [2.05, 4.69) is 22.3 Å². The highest BCUT2D eigenvalue weighted by molar-refractivity contribution is 7.89. The van der Waals surface area contributed by atoms with E-state index in [1.54, 1.807) is 12.1 Å². The van der Waals surface area contributed by atoms with Crippen molar-refractivity contribution >= 4 is 21.6 Å². The molecule has 0 aromatic heterocycles. The molecule has 0 radical (unpaired) electrons. The van der Waals surface area contributed by atoms with Gasteiger partial charge in [-0.05, 0) is 29.8 Å². The van der Waals surface area contributed by atoms with Crippen LogP contribution in [0.3, 0.4) is 0 Å². The number of carbonyl (C=O) groups is 1. The molecule has 6 nitrogen and oxygen atoms in total. The van der Waals surface area contributed by atoms with Crippen LogP contribution in [-0.4, -0.2) is 49.7 Å². The SMILES string of the molecule is CC(=O)Nc1ccc(S(=O)(=O)N2CCN(Cc3ccccc3)CC2)cc1. The molecule has 138 valence electrons. The Morgan fingerprint density at radius 2 is 1.58 bits per heavy atom. The fraction of sp³-hybridized carbons (Fsp3) is 0.316. The highest BCUT2D eigenvalue weighted by Crippen LogP contribution is 2.20. The van der Waals surface area contributed by atoms with Crippen LogP contribution >= 0.6 is 0 Å². The Kier molecular flexibility index (Phi) is 5.70. The Morgan fingerprint density at radius 1 is 0.962 bits per heavy atom. The standard InChI is InChI=1S/C19H23N3O3S/c1-16(23)20-18-7-9-19(10-8-18)26(24,25)22-13-11-21(12-14-22)15-17-5-3-2-4-6-17/h2-10H,11-15H2,1H3,(H,20,23). The number of amides is 1. The van der Waals surface area contributed by atoms with Crippen molar-refractivity contribution in [3.63, 3.8) is 0 Å². The minimum Gasteiger partial charge on any atom is -0.326 e. The van der Waals surface area contributed by atoms with Crippen LogP contribution in [0.1, 0.15) is 12.5 Å². The lowest BCUT2D eigenvalue weighted by Crippen LogP contribution is -2.48. The highest BCUT2D eigenvalue weighted by atomic mass is 32.2. The van der Waals surface area contributed by atoms with E-state index in [1.165, 1.54) is 28.9 Å². The number of benzene rings is 2. The van der Waals surface area contributed by atoms with Crippen molar-refractivity contribution in [2.24, 2.45) is 0 Å². The van der Waals surface area contributed by atoms with Gasteiger partial charge in [-0.15, -0.1) is 0 Å². The van der Waals surface area contributed by atoms with E-state index < -0.39 is 10.0 Å². The quantitative estimate of drug-likeness (QED) is 0.872. The maximum absolute atomic E-state index is 12.8. The highest BCUT2D eigenvalue weighted by Gasteiger charge is 2.28. The van der Waals surface area contributed by atoms with E-state index in [4.69, 9.17) is 0 Å². The first-order valence-electron chi connectivity index (χ1n) is 8.59. The molecule has 1 aliphatic rings. The molecule has 1 amide bonds. The van der Waals surface area contributed by atoms with E-state index in [0.717, 1.165) is 6.54 Å². The van der Waals surface area contributed by atoms with Crippen LogP contribution in [0, 0.1) is 0 Å². The first kappa shape index (κ1) is 18.6. The monoisotopic (exact) mass is 373 g/mol. The molecular weight excluding hydrogens is 350 g/mol. The second-order valence-electron chi connectivity index (χ2n) is 6.37. The molecule has 2 aromatic rings. The third-order valence-electron chi connectivity index (χ3n) is 4.39. The third kappa shape index (κ3) is 4.49. The number of nitrogens with zero attached hydrogens (tertiary/aromatic N) is 2. The third-order valence-corrected chi connectivity index (χ3v) is 6.31. The summed E-state index contributed by atoms with van der Waals surface area (Å²) < 4.78 is 27.1. The molecule has 26 heavy (non-hydrogen) atoms. The number of anilines is 1. The van der Waals surface area contributed by atoms with Crippen LogP contribution < -0.4 is 5.32 Å². The van der Waals surface area contributed by atoms with Gasteiger partial charge in [0.05, 0.1) is 4.90 Å². The predicted octanol–water partition coefficient (Wildman–Crippen LogP) is 2.15.